The van der Waals surface area contributed by atoms with Gasteiger partial charge in [0.05, 0.1) is 0 Å². The van der Waals surface area contributed by atoms with Crippen molar-refractivity contribution >= 4 is 12.2 Å². The SMILES string of the molecule is CC(C)(C)OC(=O)N[C@@H](CNC(=O)OCc1ccccc1)CC1CC1. The number of nitrogens with one attached hydrogen (secondary N) is 2. The number of hydrogen-bond donors (Lipinski definition) is 2. The first-order chi connectivity index (χ1) is 11.8. The van der Waals surface area contributed by atoms with Crippen molar-refractivity contribution in [2.45, 2.75) is 58.3 Å². The lowest BCUT2D eigenvalue weighted by atomic mass is 10.1. The minimum Gasteiger partial charge on any atom is -0.445 e. The molecule has 0 radical (unpaired) electrons. The Morgan fingerprint density at radius 2 is 1.84 bits per heavy atom. The standard InChI is InChI=1S/C19H28N2O4/c1-19(2,3)25-18(23)21-16(11-14-9-10-14)12-20-17(22)24-13-15-7-5-4-6-8-15/h4-8,14,16H,9-13H2,1-3H3,(H,20,22)(H,21,23)/t16-/m1/s1. The van der Waals surface area contributed by atoms with Crippen LogP contribution in [0, 0.1) is 5.92 Å². The highest BCUT2D eigenvalue weighted by Gasteiger charge is 2.28. The molecule has 0 aromatic heterocycles. The largest absolute Gasteiger partial charge is 0.445 e. The van der Waals surface area contributed by atoms with E-state index >= 15 is 0 Å². The third-order valence-corrected chi connectivity index (χ3v) is 3.74. The van der Waals surface area contributed by atoms with Crippen molar-refractivity contribution in [2.24, 2.45) is 5.92 Å². The van der Waals surface area contributed by atoms with Gasteiger partial charge in [-0.1, -0.05) is 43.2 Å². The molecule has 6 nitrogen and oxygen atoms in total. The molecule has 0 spiro atoms. The second-order valence-electron chi connectivity index (χ2n) is 7.46. The Morgan fingerprint density at radius 1 is 1.16 bits per heavy atom. The Hall–Kier alpha value is -2.24. The molecule has 0 heterocycles. The molecule has 0 aliphatic heterocycles. The third kappa shape index (κ3) is 8.42. The molecule has 1 atom stereocenters. The highest BCUT2D eigenvalue weighted by atomic mass is 16.6. The van der Waals surface area contributed by atoms with E-state index in [1.165, 1.54) is 12.8 Å². The first kappa shape index (κ1) is 19.1. The van der Waals surface area contributed by atoms with Crippen LogP contribution in [0.1, 0.15) is 45.6 Å². The lowest BCUT2D eigenvalue weighted by Crippen LogP contribution is -2.45. The number of alkyl carbamates (subject to hydrolysis) is 2. The quantitative estimate of drug-likeness (QED) is 0.789. The van der Waals surface area contributed by atoms with E-state index in [0.29, 0.717) is 12.5 Å². The molecular weight excluding hydrogens is 320 g/mol. The molecule has 0 saturated heterocycles. The van der Waals surface area contributed by atoms with Gasteiger partial charge < -0.3 is 20.1 Å². The molecule has 0 bridgehead atoms. The molecule has 0 unspecified atom stereocenters. The summed E-state index contributed by atoms with van der Waals surface area (Å²) in [7, 11) is 0. The van der Waals surface area contributed by atoms with Crippen LogP contribution < -0.4 is 10.6 Å². The second-order valence-corrected chi connectivity index (χ2v) is 7.46. The Kier molecular flexibility index (Phi) is 6.67. The summed E-state index contributed by atoms with van der Waals surface area (Å²) in [6.07, 6.45) is 2.22. The van der Waals surface area contributed by atoms with Crippen LogP contribution in [-0.4, -0.2) is 30.4 Å². The summed E-state index contributed by atoms with van der Waals surface area (Å²) in [5, 5.41) is 5.57. The van der Waals surface area contributed by atoms with E-state index in [4.69, 9.17) is 9.47 Å². The van der Waals surface area contributed by atoms with Crippen LogP contribution in [0.4, 0.5) is 9.59 Å². The minimum absolute atomic E-state index is 0.161. The van der Waals surface area contributed by atoms with Crippen molar-refractivity contribution in [2.75, 3.05) is 6.54 Å². The van der Waals surface area contributed by atoms with Crippen LogP contribution in [0.25, 0.3) is 0 Å². The van der Waals surface area contributed by atoms with Gasteiger partial charge in [0.2, 0.25) is 0 Å². The maximum absolute atomic E-state index is 11.9. The molecule has 1 aromatic carbocycles. The van der Waals surface area contributed by atoms with Gasteiger partial charge in [0.25, 0.3) is 0 Å². The topological polar surface area (TPSA) is 76.7 Å². The fraction of sp³-hybridized carbons (Fsp3) is 0.579. The van der Waals surface area contributed by atoms with Gasteiger partial charge in [-0.3, -0.25) is 0 Å². The molecule has 1 aromatic rings. The molecule has 1 saturated carbocycles. The fourth-order valence-corrected chi connectivity index (χ4v) is 2.40. The summed E-state index contributed by atoms with van der Waals surface area (Å²) in [6.45, 7) is 6.01. The molecule has 1 aliphatic carbocycles. The van der Waals surface area contributed by atoms with E-state index in [2.05, 4.69) is 10.6 Å². The van der Waals surface area contributed by atoms with Gasteiger partial charge >= 0.3 is 12.2 Å². The smallest absolute Gasteiger partial charge is 0.407 e. The van der Waals surface area contributed by atoms with Crippen molar-refractivity contribution in [3.63, 3.8) is 0 Å². The molecule has 2 N–H and O–H groups in total. The highest BCUT2D eigenvalue weighted by molar-refractivity contribution is 5.69. The molecule has 2 rings (SSSR count). The summed E-state index contributed by atoms with van der Waals surface area (Å²) in [4.78, 5) is 23.8. The van der Waals surface area contributed by atoms with Crippen molar-refractivity contribution in [1.29, 1.82) is 0 Å². The van der Waals surface area contributed by atoms with Gasteiger partial charge in [-0.25, -0.2) is 9.59 Å². The van der Waals surface area contributed by atoms with Gasteiger partial charge in [-0.05, 0) is 38.7 Å². The van der Waals surface area contributed by atoms with Crippen LogP contribution in [0.3, 0.4) is 0 Å². The molecule has 138 valence electrons. The minimum atomic E-state index is -0.545. The van der Waals surface area contributed by atoms with Crippen LogP contribution >= 0.6 is 0 Å². The average Bonchev–Trinajstić information content (AvgIpc) is 3.33. The van der Waals surface area contributed by atoms with Crippen LogP contribution in [0.2, 0.25) is 0 Å². The summed E-state index contributed by atoms with van der Waals surface area (Å²) in [5.41, 5.74) is 0.384. The monoisotopic (exact) mass is 348 g/mol. The highest BCUT2D eigenvalue weighted by Crippen LogP contribution is 2.33. The predicted octanol–water partition coefficient (Wildman–Crippen LogP) is 3.61. The van der Waals surface area contributed by atoms with Crippen molar-refractivity contribution in [3.8, 4) is 0 Å². The molecule has 1 fully saturated rings. The van der Waals surface area contributed by atoms with E-state index in [9.17, 15) is 9.59 Å². The molecule has 2 amide bonds. The van der Waals surface area contributed by atoms with E-state index in [-0.39, 0.29) is 12.6 Å². The lowest BCUT2D eigenvalue weighted by Gasteiger charge is -2.24. The van der Waals surface area contributed by atoms with Gasteiger partial charge in [-0.15, -0.1) is 0 Å². The number of carbonyl (C=O) groups excluding carboxylic acids is 2. The maximum Gasteiger partial charge on any atom is 0.407 e. The molecular formula is C19H28N2O4. The summed E-state index contributed by atoms with van der Waals surface area (Å²) >= 11 is 0. The number of benzene rings is 1. The summed E-state index contributed by atoms with van der Waals surface area (Å²) in [6, 6.07) is 9.33. The molecule has 1 aliphatic rings. The fourth-order valence-electron chi connectivity index (χ4n) is 2.40. The van der Waals surface area contributed by atoms with Crippen molar-refractivity contribution in [1.82, 2.24) is 10.6 Å². The molecule has 25 heavy (non-hydrogen) atoms. The van der Waals surface area contributed by atoms with E-state index in [0.717, 1.165) is 12.0 Å². The first-order valence-electron chi connectivity index (χ1n) is 8.76. The second kappa shape index (κ2) is 8.74. The Bertz CT molecular complexity index is 565. The number of amides is 2. The van der Waals surface area contributed by atoms with Crippen molar-refractivity contribution in [3.05, 3.63) is 35.9 Å². The van der Waals surface area contributed by atoms with Crippen LogP contribution in [0.5, 0.6) is 0 Å². The zero-order valence-electron chi connectivity index (χ0n) is 15.2. The summed E-state index contributed by atoms with van der Waals surface area (Å²) < 4.78 is 10.5. The Balaban J connectivity index is 1.74. The molecule has 6 heteroatoms. The van der Waals surface area contributed by atoms with E-state index < -0.39 is 17.8 Å². The van der Waals surface area contributed by atoms with Crippen LogP contribution in [0.15, 0.2) is 30.3 Å². The Labute approximate surface area is 149 Å². The van der Waals surface area contributed by atoms with Gasteiger partial charge in [-0.2, -0.15) is 0 Å². The Morgan fingerprint density at radius 3 is 2.44 bits per heavy atom. The van der Waals surface area contributed by atoms with Crippen LogP contribution in [-0.2, 0) is 16.1 Å². The van der Waals surface area contributed by atoms with Crippen molar-refractivity contribution < 1.29 is 19.1 Å². The number of ether oxygens (including phenoxy) is 2. The van der Waals surface area contributed by atoms with E-state index in [1.54, 1.807) is 0 Å². The van der Waals surface area contributed by atoms with Gasteiger partial charge in [0.15, 0.2) is 0 Å². The van der Waals surface area contributed by atoms with Gasteiger partial charge in [0.1, 0.15) is 12.2 Å². The third-order valence-electron chi connectivity index (χ3n) is 3.74. The normalized spacial score (nSPS) is 15.2. The lowest BCUT2D eigenvalue weighted by molar-refractivity contribution is 0.0498. The van der Waals surface area contributed by atoms with E-state index in [1.807, 2.05) is 51.1 Å². The zero-order chi connectivity index (χ0) is 18.3. The average molecular weight is 348 g/mol. The number of hydrogen-bond acceptors (Lipinski definition) is 4. The number of rotatable bonds is 7. The predicted molar refractivity (Wildman–Crippen MR) is 95.1 cm³/mol. The summed E-state index contributed by atoms with van der Waals surface area (Å²) in [5.74, 6) is 0.613. The first-order valence-corrected chi connectivity index (χ1v) is 8.76. The van der Waals surface area contributed by atoms with Gasteiger partial charge in [0, 0.05) is 12.6 Å². The number of carbonyl (C=O) groups is 2. The zero-order valence-corrected chi connectivity index (χ0v) is 15.2. The maximum atomic E-state index is 11.9.